The third-order valence-corrected chi connectivity index (χ3v) is 3.50. The van der Waals surface area contributed by atoms with Crippen LogP contribution in [0.3, 0.4) is 0 Å². The number of carbonyl (C=O) groups excluding carboxylic acids is 1. The fourth-order valence-electron chi connectivity index (χ4n) is 1.50. The Hall–Kier alpha value is -1.22. The molecule has 0 radical (unpaired) electrons. The van der Waals surface area contributed by atoms with Crippen molar-refractivity contribution in [1.29, 1.82) is 0 Å². The van der Waals surface area contributed by atoms with Gasteiger partial charge in [0.1, 0.15) is 5.82 Å². The van der Waals surface area contributed by atoms with Gasteiger partial charge in [-0.3, -0.25) is 4.79 Å². The van der Waals surface area contributed by atoms with E-state index in [2.05, 4.69) is 0 Å². The maximum Gasteiger partial charge on any atom is 0.178 e. The minimum Gasteiger partial charge on any atom is -0.293 e. The predicted octanol–water partition coefficient (Wildman–Crippen LogP) is 4.27. The largest absolute Gasteiger partial charge is 0.293 e. The first-order valence-electron chi connectivity index (χ1n) is 5.12. The van der Waals surface area contributed by atoms with E-state index in [0.29, 0.717) is 4.88 Å². The van der Waals surface area contributed by atoms with Gasteiger partial charge >= 0.3 is 0 Å². The van der Waals surface area contributed by atoms with Crippen LogP contribution in [0.25, 0.3) is 10.1 Å². The van der Waals surface area contributed by atoms with Crippen LogP contribution in [0, 0.1) is 11.2 Å². The molecule has 1 aromatic carbocycles. The molecule has 0 unspecified atom stereocenters. The quantitative estimate of drug-likeness (QED) is 0.676. The molecular weight excluding hydrogens is 223 g/mol. The average molecular weight is 236 g/mol. The second-order valence-electron chi connectivity index (χ2n) is 4.87. The fraction of sp³-hybridized carbons (Fsp3) is 0.308. The molecule has 0 aliphatic heterocycles. The topological polar surface area (TPSA) is 17.1 Å². The molecule has 0 saturated carbocycles. The van der Waals surface area contributed by atoms with Crippen LogP contribution in [0.5, 0.6) is 0 Å². The van der Waals surface area contributed by atoms with Crippen molar-refractivity contribution in [3.63, 3.8) is 0 Å². The highest BCUT2D eigenvalue weighted by Crippen LogP contribution is 2.31. The zero-order valence-electron chi connectivity index (χ0n) is 9.50. The van der Waals surface area contributed by atoms with Gasteiger partial charge in [-0.1, -0.05) is 20.8 Å². The molecule has 0 aliphatic rings. The minimum atomic E-state index is -0.389. The fourth-order valence-corrected chi connectivity index (χ4v) is 2.69. The summed E-state index contributed by atoms with van der Waals surface area (Å²) in [7, 11) is 0. The second-order valence-corrected chi connectivity index (χ2v) is 5.96. The van der Waals surface area contributed by atoms with Gasteiger partial charge in [0.2, 0.25) is 0 Å². The van der Waals surface area contributed by atoms with Crippen LogP contribution in [0.15, 0.2) is 24.3 Å². The van der Waals surface area contributed by atoms with Crippen molar-refractivity contribution in [3.8, 4) is 0 Å². The molecule has 0 fully saturated rings. The molecule has 1 nitrogen and oxygen atoms in total. The first-order chi connectivity index (χ1) is 7.38. The number of rotatable bonds is 1. The molecule has 2 aromatic rings. The molecule has 0 N–H and O–H groups in total. The van der Waals surface area contributed by atoms with E-state index in [1.807, 2.05) is 20.8 Å². The SMILES string of the molecule is CC(C)(C)C(=O)c1cc2cc(F)ccc2s1. The summed E-state index contributed by atoms with van der Waals surface area (Å²) in [4.78, 5) is 12.7. The molecule has 1 heterocycles. The number of benzene rings is 1. The molecule has 16 heavy (non-hydrogen) atoms. The van der Waals surface area contributed by atoms with Gasteiger partial charge < -0.3 is 0 Å². The number of ketones is 1. The molecule has 0 saturated heterocycles. The Kier molecular flexibility index (Phi) is 2.58. The molecule has 1 aromatic heterocycles. The Bertz CT molecular complexity index is 549. The lowest BCUT2D eigenvalue weighted by atomic mass is 9.90. The Morgan fingerprint density at radius 1 is 1.25 bits per heavy atom. The number of thiophene rings is 1. The molecule has 0 bridgehead atoms. The van der Waals surface area contributed by atoms with E-state index in [0.717, 1.165) is 10.1 Å². The highest BCUT2D eigenvalue weighted by molar-refractivity contribution is 7.20. The smallest absolute Gasteiger partial charge is 0.178 e. The maximum atomic E-state index is 13.0. The predicted molar refractivity (Wildman–Crippen MR) is 65.6 cm³/mol. The summed E-state index contributed by atoms with van der Waals surface area (Å²) in [5.41, 5.74) is -0.389. The molecule has 3 heteroatoms. The van der Waals surface area contributed by atoms with Gasteiger partial charge in [0.25, 0.3) is 0 Å². The number of fused-ring (bicyclic) bond motifs is 1. The van der Waals surface area contributed by atoms with Crippen LogP contribution < -0.4 is 0 Å². The molecule has 0 atom stereocenters. The molecule has 2 rings (SSSR count). The monoisotopic (exact) mass is 236 g/mol. The summed E-state index contributed by atoms with van der Waals surface area (Å²) in [5, 5.41) is 0.803. The molecule has 0 amide bonds. The highest BCUT2D eigenvalue weighted by Gasteiger charge is 2.24. The van der Waals surface area contributed by atoms with Gasteiger partial charge in [-0.15, -0.1) is 11.3 Å². The third kappa shape index (κ3) is 2.00. The van der Waals surface area contributed by atoms with Crippen molar-refractivity contribution < 1.29 is 9.18 Å². The van der Waals surface area contributed by atoms with Crippen molar-refractivity contribution in [2.75, 3.05) is 0 Å². The van der Waals surface area contributed by atoms with E-state index in [1.54, 1.807) is 12.1 Å². The van der Waals surface area contributed by atoms with Crippen LogP contribution in [0.1, 0.15) is 30.4 Å². The minimum absolute atomic E-state index is 0.106. The van der Waals surface area contributed by atoms with Crippen LogP contribution >= 0.6 is 11.3 Å². The van der Waals surface area contributed by atoms with Gasteiger partial charge in [0.15, 0.2) is 5.78 Å². The maximum absolute atomic E-state index is 13.0. The lowest BCUT2D eigenvalue weighted by molar-refractivity contribution is 0.0863. The Morgan fingerprint density at radius 2 is 1.94 bits per heavy atom. The van der Waals surface area contributed by atoms with Gasteiger partial charge in [-0.05, 0) is 29.7 Å². The van der Waals surface area contributed by atoms with Crippen molar-refractivity contribution >= 4 is 27.2 Å². The zero-order chi connectivity index (χ0) is 11.9. The lowest BCUT2D eigenvalue weighted by Crippen LogP contribution is -2.18. The van der Waals surface area contributed by atoms with Crippen LogP contribution in [-0.2, 0) is 0 Å². The van der Waals surface area contributed by atoms with Crippen LogP contribution in [-0.4, -0.2) is 5.78 Å². The Balaban J connectivity index is 2.52. The van der Waals surface area contributed by atoms with Crippen LogP contribution in [0.2, 0.25) is 0 Å². The zero-order valence-corrected chi connectivity index (χ0v) is 10.3. The normalized spacial score (nSPS) is 12.0. The molecular formula is C13H13FOS. The van der Waals surface area contributed by atoms with E-state index < -0.39 is 0 Å². The second kappa shape index (κ2) is 3.67. The van der Waals surface area contributed by atoms with Crippen molar-refractivity contribution in [2.45, 2.75) is 20.8 Å². The Morgan fingerprint density at radius 3 is 2.56 bits per heavy atom. The Labute approximate surface area is 97.9 Å². The van der Waals surface area contributed by atoms with Gasteiger partial charge in [-0.25, -0.2) is 4.39 Å². The first kappa shape index (κ1) is 11.3. The highest BCUT2D eigenvalue weighted by atomic mass is 32.1. The summed E-state index contributed by atoms with van der Waals surface area (Å²) < 4.78 is 14.0. The summed E-state index contributed by atoms with van der Waals surface area (Å²) in [6.45, 7) is 5.67. The van der Waals surface area contributed by atoms with E-state index in [-0.39, 0.29) is 17.0 Å². The summed E-state index contributed by atoms with van der Waals surface area (Å²) in [5.74, 6) is -0.158. The standard InChI is InChI=1S/C13H13FOS/c1-13(2,3)12(15)11-7-8-6-9(14)4-5-10(8)16-11/h4-7H,1-3H3. The van der Waals surface area contributed by atoms with E-state index in [9.17, 15) is 9.18 Å². The van der Waals surface area contributed by atoms with Crippen molar-refractivity contribution in [2.24, 2.45) is 5.41 Å². The molecule has 0 spiro atoms. The summed E-state index contributed by atoms with van der Waals surface area (Å²) in [6.07, 6.45) is 0. The number of halogens is 1. The van der Waals surface area contributed by atoms with E-state index in [1.165, 1.54) is 23.5 Å². The number of carbonyl (C=O) groups is 1. The number of hydrogen-bond acceptors (Lipinski definition) is 2. The summed E-state index contributed by atoms with van der Waals surface area (Å²) >= 11 is 1.42. The van der Waals surface area contributed by atoms with E-state index >= 15 is 0 Å². The molecule has 84 valence electrons. The van der Waals surface area contributed by atoms with Gasteiger partial charge in [-0.2, -0.15) is 0 Å². The van der Waals surface area contributed by atoms with E-state index in [4.69, 9.17) is 0 Å². The first-order valence-corrected chi connectivity index (χ1v) is 5.93. The van der Waals surface area contributed by atoms with Gasteiger partial charge in [0.05, 0.1) is 4.88 Å². The molecule has 0 aliphatic carbocycles. The summed E-state index contributed by atoms with van der Waals surface area (Å²) in [6, 6.07) is 6.38. The lowest BCUT2D eigenvalue weighted by Gasteiger charge is -2.14. The van der Waals surface area contributed by atoms with Gasteiger partial charge in [0, 0.05) is 10.1 Å². The average Bonchev–Trinajstić information content (AvgIpc) is 2.57. The van der Waals surface area contributed by atoms with Crippen molar-refractivity contribution in [1.82, 2.24) is 0 Å². The number of hydrogen-bond donors (Lipinski definition) is 0. The number of Topliss-reactive ketones (excluding diaryl/α,β-unsaturated/α-hetero) is 1. The third-order valence-electron chi connectivity index (χ3n) is 2.38. The van der Waals surface area contributed by atoms with Crippen molar-refractivity contribution in [3.05, 3.63) is 35.0 Å². The van der Waals surface area contributed by atoms with Crippen LogP contribution in [0.4, 0.5) is 4.39 Å².